The third-order valence-corrected chi connectivity index (χ3v) is 4.02. The minimum Gasteiger partial charge on any atom is -0.293 e. The van der Waals surface area contributed by atoms with Crippen molar-refractivity contribution in [2.75, 3.05) is 6.26 Å². The van der Waals surface area contributed by atoms with Crippen molar-refractivity contribution < 1.29 is 4.79 Å². The van der Waals surface area contributed by atoms with E-state index in [1.165, 1.54) is 18.2 Å². The first kappa shape index (κ1) is 13.3. The molecule has 88 valence electrons. The van der Waals surface area contributed by atoms with Crippen molar-refractivity contribution >= 4 is 17.5 Å². The number of nitriles is 1. The Morgan fingerprint density at radius 2 is 2.00 bits per heavy atom. The van der Waals surface area contributed by atoms with Gasteiger partial charge in [0.05, 0.1) is 11.0 Å². The molecule has 0 aromatic carbocycles. The lowest BCUT2D eigenvalue weighted by Crippen LogP contribution is -2.19. The van der Waals surface area contributed by atoms with Crippen LogP contribution >= 0.6 is 11.8 Å². The molecule has 0 spiro atoms. The van der Waals surface area contributed by atoms with Crippen LogP contribution in [0.3, 0.4) is 0 Å². The zero-order valence-corrected chi connectivity index (χ0v) is 10.9. The number of allylic oxidation sites excluding steroid dienone is 2. The summed E-state index contributed by atoms with van der Waals surface area (Å²) in [5.74, 6) is 0.386. The Labute approximate surface area is 102 Å². The monoisotopic (exact) mass is 237 g/mol. The van der Waals surface area contributed by atoms with Crippen LogP contribution in [0, 0.1) is 17.2 Å². The van der Waals surface area contributed by atoms with Crippen LogP contribution in [0.15, 0.2) is 10.5 Å². The van der Waals surface area contributed by atoms with Crippen LogP contribution in [0.2, 0.25) is 0 Å². The van der Waals surface area contributed by atoms with Gasteiger partial charge >= 0.3 is 0 Å². The van der Waals surface area contributed by atoms with Crippen LogP contribution in [0.4, 0.5) is 0 Å². The van der Waals surface area contributed by atoms with E-state index in [0.717, 1.165) is 25.7 Å². The first-order valence-electron chi connectivity index (χ1n) is 5.96. The van der Waals surface area contributed by atoms with Crippen LogP contribution in [0.5, 0.6) is 0 Å². The maximum absolute atomic E-state index is 12.3. The van der Waals surface area contributed by atoms with Gasteiger partial charge in [-0.1, -0.05) is 26.2 Å². The lowest BCUT2D eigenvalue weighted by atomic mass is 9.85. The highest BCUT2D eigenvalue weighted by Crippen LogP contribution is 2.31. The molecular formula is C13H19NOS. The molecule has 0 unspecified atom stereocenters. The van der Waals surface area contributed by atoms with Gasteiger partial charge in [-0.2, -0.15) is 5.26 Å². The largest absolute Gasteiger partial charge is 0.293 e. The van der Waals surface area contributed by atoms with E-state index in [0.29, 0.717) is 16.9 Å². The number of carbonyl (C=O) groups excluding carboxylic acids is 1. The van der Waals surface area contributed by atoms with Gasteiger partial charge < -0.3 is 0 Å². The number of Topliss-reactive ketones (excluding diaryl/α,β-unsaturated/α-hetero) is 1. The molecular weight excluding hydrogens is 218 g/mol. The molecule has 1 aliphatic rings. The summed E-state index contributed by atoms with van der Waals surface area (Å²) in [5.41, 5.74) is 0.656. The van der Waals surface area contributed by atoms with E-state index in [4.69, 9.17) is 5.26 Å². The molecule has 3 heteroatoms. The van der Waals surface area contributed by atoms with Gasteiger partial charge in [0.1, 0.15) is 0 Å². The standard InChI is InChI=1S/C13H19NOS/c1-3-10(9-14)13(16-2)12(15)11-7-5-4-6-8-11/h11H,3-8H2,1-2H3/b13-10-. The molecule has 0 radical (unpaired) electrons. The van der Waals surface area contributed by atoms with E-state index >= 15 is 0 Å². The van der Waals surface area contributed by atoms with E-state index in [2.05, 4.69) is 6.07 Å². The van der Waals surface area contributed by atoms with Gasteiger partial charge in [0.25, 0.3) is 0 Å². The van der Waals surface area contributed by atoms with Crippen molar-refractivity contribution in [3.8, 4) is 6.07 Å². The van der Waals surface area contributed by atoms with Gasteiger partial charge in [-0.15, -0.1) is 11.8 Å². The fourth-order valence-electron chi connectivity index (χ4n) is 2.21. The van der Waals surface area contributed by atoms with Crippen molar-refractivity contribution in [1.82, 2.24) is 0 Å². The van der Waals surface area contributed by atoms with Crippen molar-refractivity contribution in [3.05, 3.63) is 10.5 Å². The quantitative estimate of drug-likeness (QED) is 0.553. The van der Waals surface area contributed by atoms with E-state index in [9.17, 15) is 4.79 Å². The third kappa shape index (κ3) is 3.12. The Morgan fingerprint density at radius 1 is 1.38 bits per heavy atom. The normalized spacial score (nSPS) is 18.8. The number of carbonyl (C=O) groups is 1. The first-order valence-corrected chi connectivity index (χ1v) is 7.18. The van der Waals surface area contributed by atoms with Crippen LogP contribution in [0.1, 0.15) is 45.4 Å². The van der Waals surface area contributed by atoms with Crippen LogP contribution in [0.25, 0.3) is 0 Å². The fourth-order valence-corrected chi connectivity index (χ4v) is 3.02. The average molecular weight is 237 g/mol. The molecule has 0 saturated heterocycles. The van der Waals surface area contributed by atoms with Crippen LogP contribution in [-0.2, 0) is 4.79 Å². The minimum absolute atomic E-state index is 0.172. The van der Waals surface area contributed by atoms with Gasteiger partial charge in [-0.05, 0) is 25.5 Å². The lowest BCUT2D eigenvalue weighted by Gasteiger charge is -2.21. The molecule has 1 rings (SSSR count). The molecule has 0 bridgehead atoms. The second kappa shape index (κ2) is 6.75. The highest BCUT2D eigenvalue weighted by molar-refractivity contribution is 8.03. The maximum atomic E-state index is 12.3. The summed E-state index contributed by atoms with van der Waals surface area (Å²) in [6.07, 6.45) is 8.13. The molecule has 0 N–H and O–H groups in total. The molecule has 0 amide bonds. The Balaban J connectivity index is 2.84. The molecule has 0 aromatic heterocycles. The summed E-state index contributed by atoms with van der Waals surface area (Å²) in [4.78, 5) is 13.0. The fraction of sp³-hybridized carbons (Fsp3) is 0.692. The average Bonchev–Trinajstić information content (AvgIpc) is 2.36. The van der Waals surface area contributed by atoms with Gasteiger partial charge in [0.15, 0.2) is 5.78 Å². The predicted octanol–water partition coefficient (Wildman–Crippen LogP) is 3.69. The van der Waals surface area contributed by atoms with Crippen molar-refractivity contribution in [1.29, 1.82) is 5.26 Å². The Hall–Kier alpha value is -0.750. The lowest BCUT2D eigenvalue weighted by molar-refractivity contribution is -0.119. The summed E-state index contributed by atoms with van der Waals surface area (Å²) in [5, 5.41) is 9.00. The molecule has 0 heterocycles. The minimum atomic E-state index is 0.172. The number of hydrogen-bond donors (Lipinski definition) is 0. The number of hydrogen-bond acceptors (Lipinski definition) is 3. The van der Waals surface area contributed by atoms with Gasteiger partial charge in [-0.3, -0.25) is 4.79 Å². The van der Waals surface area contributed by atoms with Gasteiger partial charge in [0.2, 0.25) is 0 Å². The van der Waals surface area contributed by atoms with E-state index in [1.807, 2.05) is 13.2 Å². The van der Waals surface area contributed by atoms with E-state index in [-0.39, 0.29) is 11.7 Å². The molecule has 1 aliphatic carbocycles. The molecule has 0 atom stereocenters. The highest BCUT2D eigenvalue weighted by Gasteiger charge is 2.25. The van der Waals surface area contributed by atoms with Crippen molar-refractivity contribution in [2.45, 2.75) is 45.4 Å². The zero-order valence-electron chi connectivity index (χ0n) is 10.1. The molecule has 16 heavy (non-hydrogen) atoms. The summed E-state index contributed by atoms with van der Waals surface area (Å²) < 4.78 is 0. The Morgan fingerprint density at radius 3 is 2.44 bits per heavy atom. The third-order valence-electron chi connectivity index (χ3n) is 3.17. The number of thioether (sulfide) groups is 1. The smallest absolute Gasteiger partial charge is 0.173 e. The Bertz CT molecular complexity index is 321. The molecule has 1 fully saturated rings. The maximum Gasteiger partial charge on any atom is 0.173 e. The highest BCUT2D eigenvalue weighted by atomic mass is 32.2. The van der Waals surface area contributed by atoms with Gasteiger partial charge in [-0.25, -0.2) is 0 Å². The SMILES string of the molecule is CC/C(C#N)=C(/SC)C(=O)C1CCCCC1. The number of nitrogens with zero attached hydrogens (tertiary/aromatic N) is 1. The topological polar surface area (TPSA) is 40.9 Å². The van der Waals surface area contributed by atoms with Crippen molar-refractivity contribution in [2.24, 2.45) is 5.92 Å². The molecule has 2 nitrogen and oxygen atoms in total. The summed E-state index contributed by atoms with van der Waals surface area (Å²) >= 11 is 1.44. The van der Waals surface area contributed by atoms with Gasteiger partial charge in [0, 0.05) is 11.5 Å². The van der Waals surface area contributed by atoms with E-state index in [1.54, 1.807) is 0 Å². The van der Waals surface area contributed by atoms with Crippen LogP contribution in [-0.4, -0.2) is 12.0 Å². The zero-order chi connectivity index (χ0) is 12.0. The van der Waals surface area contributed by atoms with Crippen molar-refractivity contribution in [3.63, 3.8) is 0 Å². The molecule has 0 aromatic rings. The second-order valence-electron chi connectivity index (χ2n) is 4.18. The summed E-state index contributed by atoms with van der Waals surface area (Å²) in [7, 11) is 0. The molecule has 1 saturated carbocycles. The second-order valence-corrected chi connectivity index (χ2v) is 4.99. The first-order chi connectivity index (χ1) is 7.74. The summed E-state index contributed by atoms with van der Waals surface area (Å²) in [6, 6.07) is 2.16. The Kier molecular flexibility index (Phi) is 5.62. The van der Waals surface area contributed by atoms with E-state index < -0.39 is 0 Å². The predicted molar refractivity (Wildman–Crippen MR) is 68.0 cm³/mol. The summed E-state index contributed by atoms with van der Waals surface area (Å²) in [6.45, 7) is 1.93. The number of ketones is 1. The van der Waals surface area contributed by atoms with Crippen LogP contribution < -0.4 is 0 Å². The number of rotatable bonds is 4. The molecule has 0 aliphatic heterocycles.